The van der Waals surface area contributed by atoms with Gasteiger partial charge in [0.1, 0.15) is 5.82 Å². The molecule has 0 amide bonds. The molecule has 1 aliphatic rings. The summed E-state index contributed by atoms with van der Waals surface area (Å²) in [6.07, 6.45) is 4.75. The lowest BCUT2D eigenvalue weighted by Crippen LogP contribution is -2.44. The molecule has 17 heavy (non-hydrogen) atoms. The van der Waals surface area contributed by atoms with Crippen molar-refractivity contribution in [2.45, 2.75) is 25.3 Å². The molecule has 1 unspecified atom stereocenters. The Morgan fingerprint density at radius 3 is 3.12 bits per heavy atom. The molecule has 2 rings (SSSR count). The van der Waals surface area contributed by atoms with E-state index in [4.69, 9.17) is 5.73 Å². The molecule has 1 aromatic heterocycles. The van der Waals surface area contributed by atoms with Gasteiger partial charge in [-0.3, -0.25) is 10.1 Å². The van der Waals surface area contributed by atoms with Gasteiger partial charge >= 0.3 is 0 Å². The second kappa shape index (κ2) is 5.09. The summed E-state index contributed by atoms with van der Waals surface area (Å²) in [7, 11) is 0. The number of aromatic nitrogens is 1. The molecular formula is C11H16N4O2. The number of nitrogens with zero attached hydrogens (tertiary/aromatic N) is 3. The summed E-state index contributed by atoms with van der Waals surface area (Å²) < 4.78 is 0. The molecule has 1 fully saturated rings. The van der Waals surface area contributed by atoms with E-state index in [9.17, 15) is 10.1 Å². The van der Waals surface area contributed by atoms with E-state index in [2.05, 4.69) is 9.88 Å². The highest BCUT2D eigenvalue weighted by Crippen LogP contribution is 2.25. The van der Waals surface area contributed by atoms with E-state index in [1.54, 1.807) is 0 Å². The van der Waals surface area contributed by atoms with E-state index in [0.29, 0.717) is 12.4 Å². The van der Waals surface area contributed by atoms with E-state index in [-0.39, 0.29) is 11.7 Å². The Balaban J connectivity index is 2.25. The second-order valence-electron chi connectivity index (χ2n) is 4.21. The summed E-state index contributed by atoms with van der Waals surface area (Å²) in [5.74, 6) is 0.661. The van der Waals surface area contributed by atoms with Crippen LogP contribution in [0.25, 0.3) is 0 Å². The minimum Gasteiger partial charge on any atom is -0.352 e. The van der Waals surface area contributed by atoms with E-state index >= 15 is 0 Å². The number of nitro groups is 1. The molecule has 0 bridgehead atoms. The van der Waals surface area contributed by atoms with Crippen molar-refractivity contribution in [1.29, 1.82) is 0 Å². The minimum absolute atomic E-state index is 0.0799. The molecule has 1 saturated heterocycles. The zero-order chi connectivity index (χ0) is 12.3. The Labute approximate surface area is 99.6 Å². The summed E-state index contributed by atoms with van der Waals surface area (Å²) in [4.78, 5) is 16.6. The average Bonchev–Trinajstić information content (AvgIpc) is 2.39. The Bertz CT molecular complexity index is 410. The first-order valence-corrected chi connectivity index (χ1v) is 5.79. The van der Waals surface area contributed by atoms with Gasteiger partial charge in [0.2, 0.25) is 0 Å². The zero-order valence-electron chi connectivity index (χ0n) is 9.58. The van der Waals surface area contributed by atoms with Crippen molar-refractivity contribution in [3.8, 4) is 0 Å². The lowest BCUT2D eigenvalue weighted by molar-refractivity contribution is -0.384. The molecule has 6 heteroatoms. The Morgan fingerprint density at radius 1 is 1.59 bits per heavy atom. The van der Waals surface area contributed by atoms with Crippen LogP contribution in [0.15, 0.2) is 18.3 Å². The largest absolute Gasteiger partial charge is 0.352 e. The van der Waals surface area contributed by atoms with Crippen molar-refractivity contribution >= 4 is 11.5 Å². The van der Waals surface area contributed by atoms with Crippen molar-refractivity contribution in [1.82, 2.24) is 4.98 Å². The van der Waals surface area contributed by atoms with Crippen LogP contribution in [0.5, 0.6) is 0 Å². The van der Waals surface area contributed by atoms with Crippen LogP contribution >= 0.6 is 0 Å². The summed E-state index contributed by atoms with van der Waals surface area (Å²) in [6.45, 7) is 1.43. The van der Waals surface area contributed by atoms with Crippen LogP contribution in [0.1, 0.15) is 19.3 Å². The molecule has 92 valence electrons. The van der Waals surface area contributed by atoms with E-state index < -0.39 is 4.92 Å². The summed E-state index contributed by atoms with van der Waals surface area (Å²) in [5, 5.41) is 10.7. The normalized spacial score (nSPS) is 20.3. The van der Waals surface area contributed by atoms with Crippen molar-refractivity contribution < 1.29 is 4.92 Å². The van der Waals surface area contributed by atoms with Gasteiger partial charge in [-0.2, -0.15) is 0 Å². The lowest BCUT2D eigenvalue weighted by Gasteiger charge is -2.35. The van der Waals surface area contributed by atoms with Crippen molar-refractivity contribution in [2.75, 3.05) is 18.0 Å². The third-order valence-electron chi connectivity index (χ3n) is 3.13. The second-order valence-corrected chi connectivity index (χ2v) is 4.21. The first-order valence-electron chi connectivity index (χ1n) is 5.79. The zero-order valence-corrected chi connectivity index (χ0v) is 9.58. The first kappa shape index (κ1) is 11.8. The minimum atomic E-state index is -0.396. The molecule has 1 aliphatic heterocycles. The highest BCUT2D eigenvalue weighted by atomic mass is 16.6. The molecular weight excluding hydrogens is 220 g/mol. The van der Waals surface area contributed by atoms with Gasteiger partial charge in [-0.15, -0.1) is 0 Å². The molecule has 1 atom stereocenters. The fourth-order valence-corrected chi connectivity index (χ4v) is 2.23. The van der Waals surface area contributed by atoms with Crippen LogP contribution in [-0.2, 0) is 0 Å². The van der Waals surface area contributed by atoms with Gasteiger partial charge in [-0.25, -0.2) is 4.98 Å². The maximum Gasteiger partial charge on any atom is 0.274 e. The van der Waals surface area contributed by atoms with E-state index in [1.807, 2.05) is 0 Å². The summed E-state index contributed by atoms with van der Waals surface area (Å²) in [5.41, 5.74) is 5.81. The molecule has 6 nitrogen and oxygen atoms in total. The van der Waals surface area contributed by atoms with Crippen LogP contribution < -0.4 is 10.6 Å². The number of anilines is 1. The molecule has 2 N–H and O–H groups in total. The standard InChI is InChI=1S/C11H16N4O2/c12-8-10-3-1-2-6-14(10)11-7-9(15(16)17)4-5-13-11/h4-5,7,10H,1-3,6,8,12H2. The Kier molecular flexibility index (Phi) is 3.53. The van der Waals surface area contributed by atoms with Gasteiger partial charge in [-0.05, 0) is 19.3 Å². The first-order chi connectivity index (χ1) is 8.22. The van der Waals surface area contributed by atoms with Crippen LogP contribution in [0, 0.1) is 10.1 Å². The highest BCUT2D eigenvalue weighted by molar-refractivity contribution is 5.47. The van der Waals surface area contributed by atoms with Crippen LogP contribution in [0.3, 0.4) is 0 Å². The fraction of sp³-hybridized carbons (Fsp3) is 0.545. The van der Waals surface area contributed by atoms with Crippen molar-refractivity contribution in [2.24, 2.45) is 5.73 Å². The van der Waals surface area contributed by atoms with Crippen LogP contribution in [-0.4, -0.2) is 29.0 Å². The van der Waals surface area contributed by atoms with Crippen LogP contribution in [0.4, 0.5) is 11.5 Å². The number of hydrogen-bond acceptors (Lipinski definition) is 5. The highest BCUT2D eigenvalue weighted by Gasteiger charge is 2.23. The van der Waals surface area contributed by atoms with Gasteiger partial charge < -0.3 is 10.6 Å². The Morgan fingerprint density at radius 2 is 2.41 bits per heavy atom. The molecule has 0 spiro atoms. The number of piperidine rings is 1. The number of pyridine rings is 1. The quantitative estimate of drug-likeness (QED) is 0.631. The van der Waals surface area contributed by atoms with Gasteiger partial charge in [-0.1, -0.05) is 0 Å². The third-order valence-corrected chi connectivity index (χ3v) is 3.13. The van der Waals surface area contributed by atoms with Gasteiger partial charge in [0.15, 0.2) is 0 Å². The molecule has 1 aromatic rings. The number of nitrogens with two attached hydrogens (primary N) is 1. The number of hydrogen-bond donors (Lipinski definition) is 1. The lowest BCUT2D eigenvalue weighted by atomic mass is 10.0. The molecule has 0 saturated carbocycles. The summed E-state index contributed by atoms with van der Waals surface area (Å²) in [6, 6.07) is 3.18. The maximum atomic E-state index is 10.7. The van der Waals surface area contributed by atoms with Crippen molar-refractivity contribution in [3.63, 3.8) is 0 Å². The maximum absolute atomic E-state index is 10.7. The monoisotopic (exact) mass is 236 g/mol. The molecule has 0 aromatic carbocycles. The SMILES string of the molecule is NCC1CCCCN1c1cc([N+](=O)[O-])ccn1. The van der Waals surface area contributed by atoms with Gasteiger partial charge in [0.25, 0.3) is 5.69 Å². The van der Waals surface area contributed by atoms with Gasteiger partial charge in [0, 0.05) is 31.4 Å². The van der Waals surface area contributed by atoms with Gasteiger partial charge in [0.05, 0.1) is 11.0 Å². The van der Waals surface area contributed by atoms with Crippen molar-refractivity contribution in [3.05, 3.63) is 28.4 Å². The fourth-order valence-electron chi connectivity index (χ4n) is 2.23. The smallest absolute Gasteiger partial charge is 0.274 e. The molecule has 2 heterocycles. The average molecular weight is 236 g/mol. The molecule has 0 aliphatic carbocycles. The van der Waals surface area contributed by atoms with E-state index in [1.165, 1.54) is 18.3 Å². The van der Waals surface area contributed by atoms with Crippen LogP contribution in [0.2, 0.25) is 0 Å². The third kappa shape index (κ3) is 2.52. The van der Waals surface area contributed by atoms with E-state index in [0.717, 1.165) is 25.8 Å². The predicted octanol–water partition coefficient (Wildman–Crippen LogP) is 1.31. The Hall–Kier alpha value is -1.69. The topological polar surface area (TPSA) is 85.3 Å². The molecule has 0 radical (unpaired) electrons. The summed E-state index contributed by atoms with van der Waals surface area (Å²) >= 11 is 0. The number of rotatable bonds is 3. The predicted molar refractivity (Wildman–Crippen MR) is 64.9 cm³/mol.